The highest BCUT2D eigenvalue weighted by Gasteiger charge is 2.18. The van der Waals surface area contributed by atoms with Crippen LogP contribution in [-0.4, -0.2) is 16.8 Å². The van der Waals surface area contributed by atoms with E-state index in [1.807, 2.05) is 0 Å². The average Bonchev–Trinajstić information content (AvgIpc) is 2.64. The lowest BCUT2D eigenvalue weighted by molar-refractivity contribution is 0.598. The van der Waals surface area contributed by atoms with E-state index in [9.17, 15) is 16.8 Å². The van der Waals surface area contributed by atoms with Gasteiger partial charge in [-0.3, -0.25) is 9.44 Å². The van der Waals surface area contributed by atoms with E-state index in [1.165, 1.54) is 60.7 Å². The molecule has 6 nitrogen and oxygen atoms in total. The van der Waals surface area contributed by atoms with Crippen LogP contribution in [0.25, 0.3) is 0 Å². The molecule has 0 atom stereocenters. The van der Waals surface area contributed by atoms with Crippen molar-refractivity contribution in [3.63, 3.8) is 0 Å². The van der Waals surface area contributed by atoms with Gasteiger partial charge in [0.05, 0.1) is 15.5 Å². The molecule has 0 saturated carbocycles. The molecule has 3 aromatic carbocycles. The molecule has 0 aliphatic carbocycles. The van der Waals surface area contributed by atoms with Gasteiger partial charge in [-0.05, 0) is 66.7 Å². The van der Waals surface area contributed by atoms with Crippen molar-refractivity contribution in [1.82, 2.24) is 0 Å². The van der Waals surface area contributed by atoms with E-state index < -0.39 is 20.0 Å². The molecule has 0 heterocycles. The minimum absolute atomic E-state index is 0.00412. The van der Waals surface area contributed by atoms with Gasteiger partial charge in [-0.1, -0.05) is 29.3 Å². The van der Waals surface area contributed by atoms with Crippen molar-refractivity contribution in [3.8, 4) is 0 Å². The van der Waals surface area contributed by atoms with E-state index >= 15 is 0 Å². The van der Waals surface area contributed by atoms with Gasteiger partial charge < -0.3 is 0 Å². The van der Waals surface area contributed by atoms with Crippen LogP contribution in [0.15, 0.2) is 82.6 Å². The van der Waals surface area contributed by atoms with Crippen molar-refractivity contribution in [2.75, 3.05) is 9.44 Å². The third-order valence-electron chi connectivity index (χ3n) is 3.62. The maximum Gasteiger partial charge on any atom is 0.261 e. The smallest absolute Gasteiger partial charge is 0.261 e. The maximum absolute atomic E-state index is 12.6. The van der Waals surface area contributed by atoms with Crippen LogP contribution in [0.4, 0.5) is 11.4 Å². The first kappa shape index (κ1) is 20.5. The lowest BCUT2D eigenvalue weighted by Gasteiger charge is -2.11. The second kappa shape index (κ2) is 8.00. The van der Waals surface area contributed by atoms with Crippen LogP contribution in [0.2, 0.25) is 10.0 Å². The number of sulfonamides is 2. The van der Waals surface area contributed by atoms with Crippen molar-refractivity contribution in [2.24, 2.45) is 0 Å². The fourth-order valence-electron chi connectivity index (χ4n) is 2.29. The Hall–Kier alpha value is -2.26. The van der Waals surface area contributed by atoms with E-state index in [4.69, 9.17) is 23.2 Å². The minimum Gasteiger partial charge on any atom is -0.280 e. The van der Waals surface area contributed by atoms with Crippen molar-refractivity contribution in [1.29, 1.82) is 0 Å². The van der Waals surface area contributed by atoms with Crippen LogP contribution in [0, 0.1) is 0 Å². The van der Waals surface area contributed by atoms with Crippen LogP contribution >= 0.6 is 23.2 Å². The van der Waals surface area contributed by atoms with Crippen molar-refractivity contribution in [3.05, 3.63) is 82.8 Å². The summed E-state index contributed by atoms with van der Waals surface area (Å²) < 4.78 is 54.9. The number of hydrogen-bond donors (Lipinski definition) is 2. The number of nitrogens with one attached hydrogen (secondary N) is 2. The Morgan fingerprint density at radius 1 is 0.571 bits per heavy atom. The summed E-state index contributed by atoms with van der Waals surface area (Å²) in [7, 11) is -7.81. The summed E-state index contributed by atoms with van der Waals surface area (Å²) in [6.07, 6.45) is 0. The Labute approximate surface area is 173 Å². The zero-order valence-corrected chi connectivity index (χ0v) is 17.3. The van der Waals surface area contributed by atoms with E-state index in [1.54, 1.807) is 12.1 Å². The Bertz CT molecular complexity index is 1200. The number of halogens is 2. The lowest BCUT2D eigenvalue weighted by Crippen LogP contribution is -2.15. The number of hydrogen-bond acceptors (Lipinski definition) is 4. The second-order valence-corrected chi connectivity index (χ2v) is 9.94. The van der Waals surface area contributed by atoms with Gasteiger partial charge in [0.2, 0.25) is 0 Å². The van der Waals surface area contributed by atoms with Crippen LogP contribution in [0.1, 0.15) is 0 Å². The van der Waals surface area contributed by atoms with Crippen molar-refractivity contribution < 1.29 is 16.8 Å². The van der Waals surface area contributed by atoms with Gasteiger partial charge in [0.1, 0.15) is 0 Å². The fraction of sp³-hybridized carbons (Fsp3) is 0. The van der Waals surface area contributed by atoms with Gasteiger partial charge in [-0.15, -0.1) is 0 Å². The molecule has 0 aliphatic rings. The Morgan fingerprint density at radius 3 is 1.68 bits per heavy atom. The Kier molecular flexibility index (Phi) is 5.85. The quantitative estimate of drug-likeness (QED) is 0.566. The third kappa shape index (κ3) is 4.96. The molecular formula is C18H14Cl2N2O4S2. The summed E-state index contributed by atoms with van der Waals surface area (Å²) in [6.45, 7) is 0. The molecule has 0 spiro atoms. The number of benzene rings is 3. The molecule has 3 rings (SSSR count). The Morgan fingerprint density at radius 2 is 1.07 bits per heavy atom. The molecule has 0 aliphatic heterocycles. The first-order valence-corrected chi connectivity index (χ1v) is 11.5. The zero-order valence-electron chi connectivity index (χ0n) is 14.1. The summed E-state index contributed by atoms with van der Waals surface area (Å²) >= 11 is 11.6. The minimum atomic E-state index is -3.92. The SMILES string of the molecule is O=S(=O)(Nc1cccc(S(=O)(=O)Nc2ccc(Cl)cc2)c1)c1ccc(Cl)cc1. The molecule has 0 unspecified atom stereocenters. The topological polar surface area (TPSA) is 92.3 Å². The monoisotopic (exact) mass is 456 g/mol. The second-order valence-electron chi connectivity index (χ2n) is 5.70. The summed E-state index contributed by atoms with van der Waals surface area (Å²) in [4.78, 5) is -0.0943. The number of anilines is 2. The van der Waals surface area contributed by atoms with E-state index in [2.05, 4.69) is 9.44 Å². The molecular weight excluding hydrogens is 443 g/mol. The predicted molar refractivity (Wildman–Crippen MR) is 111 cm³/mol. The summed E-state index contributed by atoms with van der Waals surface area (Å²) in [5.41, 5.74) is 0.436. The van der Waals surface area contributed by atoms with E-state index in [0.29, 0.717) is 15.7 Å². The van der Waals surface area contributed by atoms with Gasteiger partial charge in [-0.2, -0.15) is 0 Å². The van der Waals surface area contributed by atoms with E-state index in [0.717, 1.165) is 0 Å². The van der Waals surface area contributed by atoms with Crippen molar-refractivity contribution >= 4 is 54.6 Å². The Balaban J connectivity index is 1.85. The normalized spacial score (nSPS) is 11.8. The first-order valence-electron chi connectivity index (χ1n) is 7.83. The standard InChI is InChI=1S/C18H14Cl2N2O4S2/c19-13-4-8-15(9-5-13)21-28(25,26)18-3-1-2-16(12-18)22-27(23,24)17-10-6-14(20)7-11-17/h1-12,21-22H. The number of rotatable bonds is 6. The third-order valence-corrected chi connectivity index (χ3v) is 6.90. The molecule has 0 bridgehead atoms. The van der Waals surface area contributed by atoms with Crippen molar-refractivity contribution in [2.45, 2.75) is 9.79 Å². The van der Waals surface area contributed by atoms with Gasteiger partial charge in [0.15, 0.2) is 0 Å². The lowest BCUT2D eigenvalue weighted by atomic mass is 10.3. The molecule has 0 aromatic heterocycles. The zero-order chi connectivity index (χ0) is 20.4. The molecule has 28 heavy (non-hydrogen) atoms. The molecule has 0 saturated heterocycles. The van der Waals surface area contributed by atoms with E-state index in [-0.39, 0.29) is 15.5 Å². The highest BCUT2D eigenvalue weighted by Crippen LogP contribution is 2.23. The van der Waals surface area contributed by atoms with Gasteiger partial charge in [0.25, 0.3) is 20.0 Å². The largest absolute Gasteiger partial charge is 0.280 e. The molecule has 0 amide bonds. The fourth-order valence-corrected chi connectivity index (χ4v) is 4.69. The summed E-state index contributed by atoms with van der Waals surface area (Å²) in [5.74, 6) is 0. The van der Waals surface area contributed by atoms with Crippen LogP contribution in [0.3, 0.4) is 0 Å². The van der Waals surface area contributed by atoms with Crippen LogP contribution < -0.4 is 9.44 Å². The molecule has 2 N–H and O–H groups in total. The highest BCUT2D eigenvalue weighted by molar-refractivity contribution is 7.93. The molecule has 10 heteroatoms. The molecule has 146 valence electrons. The van der Waals surface area contributed by atoms with Gasteiger partial charge >= 0.3 is 0 Å². The first-order chi connectivity index (χ1) is 13.2. The summed E-state index contributed by atoms with van der Waals surface area (Å²) in [6, 6.07) is 17.2. The molecule has 3 aromatic rings. The van der Waals surface area contributed by atoms with Gasteiger partial charge in [0, 0.05) is 15.7 Å². The maximum atomic E-state index is 12.6. The van der Waals surface area contributed by atoms with Crippen LogP contribution in [0.5, 0.6) is 0 Å². The van der Waals surface area contributed by atoms with Gasteiger partial charge in [-0.25, -0.2) is 16.8 Å². The molecule has 0 radical (unpaired) electrons. The molecule has 0 fully saturated rings. The average molecular weight is 457 g/mol. The van der Waals surface area contributed by atoms with Crippen LogP contribution in [-0.2, 0) is 20.0 Å². The summed E-state index contributed by atoms with van der Waals surface area (Å²) in [5, 5.41) is 0.877. The predicted octanol–water partition coefficient (Wildman–Crippen LogP) is 4.60. The highest BCUT2D eigenvalue weighted by atomic mass is 35.5.